The Bertz CT molecular complexity index is 1200. The van der Waals surface area contributed by atoms with E-state index in [1.54, 1.807) is 30.3 Å². The molecule has 8 heteroatoms. The number of hydrogen-bond donors (Lipinski definition) is 4. The SMILES string of the molecule is O=C(NCc1ccccc1O)c1cccc(C(NC(=O)c2cc(C3CC3)on2)C2CCNCC2)c1. The first-order valence-corrected chi connectivity index (χ1v) is 12.2. The average molecular weight is 475 g/mol. The summed E-state index contributed by atoms with van der Waals surface area (Å²) in [5, 5.41) is 23.4. The van der Waals surface area contributed by atoms with Crippen molar-refractivity contribution in [1.82, 2.24) is 21.1 Å². The molecule has 8 nitrogen and oxygen atoms in total. The van der Waals surface area contributed by atoms with Crippen molar-refractivity contribution in [1.29, 1.82) is 0 Å². The van der Waals surface area contributed by atoms with Crippen LogP contribution in [0.5, 0.6) is 5.75 Å². The molecule has 1 aliphatic heterocycles. The van der Waals surface area contributed by atoms with Crippen LogP contribution in [0.1, 0.15) is 75.4 Å². The number of benzene rings is 2. The number of piperidine rings is 1. The number of amides is 2. The lowest BCUT2D eigenvalue weighted by molar-refractivity contribution is 0.0904. The predicted molar refractivity (Wildman–Crippen MR) is 130 cm³/mol. The molecular formula is C27H30N4O4. The van der Waals surface area contributed by atoms with E-state index in [0.29, 0.717) is 22.7 Å². The summed E-state index contributed by atoms with van der Waals surface area (Å²) in [6, 6.07) is 15.8. The van der Waals surface area contributed by atoms with Gasteiger partial charge in [0.25, 0.3) is 11.8 Å². The van der Waals surface area contributed by atoms with E-state index in [4.69, 9.17) is 4.52 Å². The molecule has 1 saturated carbocycles. The zero-order valence-corrected chi connectivity index (χ0v) is 19.5. The maximum Gasteiger partial charge on any atom is 0.273 e. The van der Waals surface area contributed by atoms with Crippen LogP contribution in [-0.2, 0) is 6.54 Å². The Hall–Kier alpha value is -3.65. The number of rotatable bonds is 8. The second-order valence-electron chi connectivity index (χ2n) is 9.36. The molecule has 2 amide bonds. The second kappa shape index (κ2) is 10.3. The number of para-hydroxylation sites is 1. The molecule has 182 valence electrons. The molecule has 2 aromatic carbocycles. The fourth-order valence-electron chi connectivity index (χ4n) is 4.63. The van der Waals surface area contributed by atoms with E-state index in [9.17, 15) is 14.7 Å². The third kappa shape index (κ3) is 5.54. The maximum absolute atomic E-state index is 13.1. The summed E-state index contributed by atoms with van der Waals surface area (Å²) in [5.41, 5.74) is 2.33. The normalized spacial score (nSPS) is 17.0. The van der Waals surface area contributed by atoms with Crippen LogP contribution < -0.4 is 16.0 Å². The van der Waals surface area contributed by atoms with Gasteiger partial charge in [0, 0.05) is 29.7 Å². The molecule has 2 heterocycles. The van der Waals surface area contributed by atoms with Crippen molar-refractivity contribution in [3.63, 3.8) is 0 Å². The largest absolute Gasteiger partial charge is 0.508 e. The molecule has 5 rings (SSSR count). The Morgan fingerprint density at radius 2 is 1.83 bits per heavy atom. The molecule has 35 heavy (non-hydrogen) atoms. The molecule has 2 aliphatic rings. The van der Waals surface area contributed by atoms with Gasteiger partial charge in [-0.15, -0.1) is 0 Å². The Kier molecular flexibility index (Phi) is 6.81. The molecule has 4 N–H and O–H groups in total. The van der Waals surface area contributed by atoms with E-state index in [-0.39, 0.29) is 36.1 Å². The summed E-state index contributed by atoms with van der Waals surface area (Å²) >= 11 is 0. The Morgan fingerprint density at radius 1 is 1.03 bits per heavy atom. The zero-order valence-electron chi connectivity index (χ0n) is 19.5. The highest BCUT2D eigenvalue weighted by molar-refractivity contribution is 5.95. The quantitative estimate of drug-likeness (QED) is 0.396. The highest BCUT2D eigenvalue weighted by Gasteiger charge is 2.31. The fraction of sp³-hybridized carbons (Fsp3) is 0.370. The van der Waals surface area contributed by atoms with Gasteiger partial charge in [-0.1, -0.05) is 35.5 Å². The number of nitrogens with zero attached hydrogens (tertiary/aromatic N) is 1. The van der Waals surface area contributed by atoms with E-state index in [2.05, 4.69) is 21.1 Å². The highest BCUT2D eigenvalue weighted by atomic mass is 16.5. The van der Waals surface area contributed by atoms with Gasteiger partial charge in [0.15, 0.2) is 5.69 Å². The van der Waals surface area contributed by atoms with Crippen LogP contribution in [0.3, 0.4) is 0 Å². The molecule has 1 saturated heterocycles. The first-order chi connectivity index (χ1) is 17.1. The summed E-state index contributed by atoms with van der Waals surface area (Å²) in [4.78, 5) is 26.0. The molecule has 2 fully saturated rings. The van der Waals surface area contributed by atoms with Gasteiger partial charge < -0.3 is 25.6 Å². The van der Waals surface area contributed by atoms with Gasteiger partial charge in [-0.25, -0.2) is 0 Å². The van der Waals surface area contributed by atoms with Gasteiger partial charge in [-0.2, -0.15) is 0 Å². The van der Waals surface area contributed by atoms with Gasteiger partial charge in [-0.05, 0) is 68.5 Å². The molecule has 1 unspecified atom stereocenters. The Morgan fingerprint density at radius 3 is 2.60 bits per heavy atom. The molecule has 0 spiro atoms. The molecule has 3 aromatic rings. The third-order valence-electron chi connectivity index (χ3n) is 6.82. The summed E-state index contributed by atoms with van der Waals surface area (Å²) in [6.07, 6.45) is 3.99. The average Bonchev–Trinajstić information content (AvgIpc) is 3.63. The van der Waals surface area contributed by atoms with Crippen molar-refractivity contribution in [3.8, 4) is 5.75 Å². The number of aromatic hydroxyl groups is 1. The molecular weight excluding hydrogens is 444 g/mol. The minimum atomic E-state index is -0.265. The van der Waals surface area contributed by atoms with Gasteiger partial charge in [0.1, 0.15) is 11.5 Å². The number of nitrogens with one attached hydrogen (secondary N) is 3. The number of phenols is 1. The van der Waals surface area contributed by atoms with Gasteiger partial charge in [0.2, 0.25) is 0 Å². The van der Waals surface area contributed by atoms with Crippen LogP contribution in [-0.4, -0.2) is 35.2 Å². The molecule has 1 aromatic heterocycles. The van der Waals surface area contributed by atoms with Crippen molar-refractivity contribution in [3.05, 3.63) is 82.7 Å². The van der Waals surface area contributed by atoms with Crippen molar-refractivity contribution < 1.29 is 19.2 Å². The van der Waals surface area contributed by atoms with Crippen LogP contribution in [0.15, 0.2) is 59.1 Å². The minimum absolute atomic E-state index is 0.146. The fourth-order valence-corrected chi connectivity index (χ4v) is 4.63. The maximum atomic E-state index is 13.1. The van der Waals surface area contributed by atoms with Crippen molar-refractivity contribution in [2.75, 3.05) is 13.1 Å². The van der Waals surface area contributed by atoms with Gasteiger partial charge in [0.05, 0.1) is 6.04 Å². The second-order valence-corrected chi connectivity index (χ2v) is 9.36. The highest BCUT2D eigenvalue weighted by Crippen LogP contribution is 2.40. The number of carbonyl (C=O) groups is 2. The third-order valence-corrected chi connectivity index (χ3v) is 6.82. The standard InChI is InChI=1S/C27H30N4O4/c32-23-7-2-1-4-21(23)16-29-26(33)20-6-3-5-19(14-20)25(18-10-12-28-13-11-18)30-27(34)22-15-24(35-31-22)17-8-9-17/h1-7,14-15,17-18,25,28,32H,8-13,16H2,(H,29,33)(H,30,34). The van der Waals surface area contributed by atoms with Crippen molar-refractivity contribution in [2.45, 2.75) is 44.2 Å². The van der Waals surface area contributed by atoms with E-state index in [1.807, 2.05) is 24.3 Å². The Labute approximate surface area is 204 Å². The lowest BCUT2D eigenvalue weighted by atomic mass is 9.85. The number of aromatic nitrogens is 1. The van der Waals surface area contributed by atoms with Crippen molar-refractivity contribution in [2.24, 2.45) is 5.92 Å². The van der Waals surface area contributed by atoms with Crippen LogP contribution in [0.2, 0.25) is 0 Å². The van der Waals surface area contributed by atoms with E-state index in [1.165, 1.54) is 0 Å². The van der Waals surface area contributed by atoms with Crippen LogP contribution in [0, 0.1) is 5.92 Å². The minimum Gasteiger partial charge on any atom is -0.508 e. The summed E-state index contributed by atoms with van der Waals surface area (Å²) in [5.74, 6) is 1.03. The molecule has 1 aliphatic carbocycles. The number of hydrogen-bond acceptors (Lipinski definition) is 6. The summed E-state index contributed by atoms with van der Waals surface area (Å²) < 4.78 is 5.37. The lowest BCUT2D eigenvalue weighted by Crippen LogP contribution is -2.39. The van der Waals surface area contributed by atoms with Crippen LogP contribution >= 0.6 is 0 Å². The number of carbonyl (C=O) groups excluding carboxylic acids is 2. The summed E-state index contributed by atoms with van der Waals surface area (Å²) in [6.45, 7) is 1.99. The van der Waals surface area contributed by atoms with Crippen molar-refractivity contribution >= 4 is 11.8 Å². The first-order valence-electron chi connectivity index (χ1n) is 12.2. The van der Waals surface area contributed by atoms with Gasteiger partial charge >= 0.3 is 0 Å². The zero-order chi connectivity index (χ0) is 24.2. The number of phenolic OH excluding ortho intramolecular Hbond substituents is 1. The smallest absolute Gasteiger partial charge is 0.273 e. The Balaban J connectivity index is 1.33. The molecule has 0 bridgehead atoms. The summed E-state index contributed by atoms with van der Waals surface area (Å²) in [7, 11) is 0. The predicted octanol–water partition coefficient (Wildman–Crippen LogP) is 3.66. The lowest BCUT2D eigenvalue weighted by Gasteiger charge is -2.31. The first kappa shape index (κ1) is 23.1. The van der Waals surface area contributed by atoms with Crippen LogP contribution in [0.4, 0.5) is 0 Å². The van der Waals surface area contributed by atoms with Crippen LogP contribution in [0.25, 0.3) is 0 Å². The topological polar surface area (TPSA) is 116 Å². The van der Waals surface area contributed by atoms with E-state index >= 15 is 0 Å². The van der Waals surface area contributed by atoms with E-state index < -0.39 is 0 Å². The molecule has 1 atom stereocenters. The van der Waals surface area contributed by atoms with Gasteiger partial charge in [-0.3, -0.25) is 9.59 Å². The monoisotopic (exact) mass is 474 g/mol. The molecule has 0 radical (unpaired) electrons. The van der Waals surface area contributed by atoms with E-state index in [0.717, 1.165) is 50.1 Å².